The van der Waals surface area contributed by atoms with E-state index in [1.807, 2.05) is 72.8 Å². The summed E-state index contributed by atoms with van der Waals surface area (Å²) in [6.45, 7) is 3.56. The highest BCUT2D eigenvalue weighted by Crippen LogP contribution is 2.43. The summed E-state index contributed by atoms with van der Waals surface area (Å²) in [6.07, 6.45) is 0.576. The van der Waals surface area contributed by atoms with Gasteiger partial charge in [-0.1, -0.05) is 123 Å². The molecule has 5 heterocycles. The van der Waals surface area contributed by atoms with Gasteiger partial charge in [-0.15, -0.1) is 0 Å². The maximum absolute atomic E-state index is 11.6. The molecule has 0 saturated carbocycles. The molecule has 8 bridgehead atoms. The number of hydrogen-bond donors (Lipinski definition) is 2. The molecule has 2 N–H and O–H groups in total. The van der Waals surface area contributed by atoms with Crippen LogP contribution in [0.3, 0.4) is 0 Å². The van der Waals surface area contributed by atoms with Gasteiger partial charge in [0.1, 0.15) is 11.5 Å². The summed E-state index contributed by atoms with van der Waals surface area (Å²) in [6, 6.07) is 52.3. The standard InChI is InChI=1S/C58H46N4O6/c1-35(57(63)64)25-27-67-39-15-11-13-37(29-39)61-53-31-49-41-17-3-5-19-43(41)51(59-49)33-55-47-23-9-10-24-48(47)56(62(55)38-14-12-16-40(30-38)68-28-26-36(2)58(65)66)34-52-44-20-6-4-18-42(44)50(60-52)32-54(61)46-22-8-7-21-45(46)53/h3-24,29-36H,25-28H2,1-2H3,(H,63,64)(H,65,66)/i29D,30D. The molecule has 2 atom stereocenters. The van der Waals surface area contributed by atoms with E-state index < -0.39 is 23.8 Å². The lowest BCUT2D eigenvalue weighted by molar-refractivity contribution is -0.142. The Labute approximate surface area is 394 Å². The molecular formula is C58H46N4O6. The minimum absolute atomic E-state index is 0.134. The first-order chi connectivity index (χ1) is 34.0. The summed E-state index contributed by atoms with van der Waals surface area (Å²) in [5, 5.41) is 22.8. The second kappa shape index (κ2) is 17.4. The van der Waals surface area contributed by atoms with Crippen molar-refractivity contribution < 1.29 is 32.0 Å². The van der Waals surface area contributed by atoms with Gasteiger partial charge in [-0.3, -0.25) is 9.59 Å². The fourth-order valence-corrected chi connectivity index (χ4v) is 9.25. The predicted octanol–water partition coefficient (Wildman–Crippen LogP) is 13.2. The van der Waals surface area contributed by atoms with Crippen LogP contribution in [-0.2, 0) is 9.59 Å². The van der Waals surface area contributed by atoms with Crippen LogP contribution in [0.25, 0.3) is 100 Å². The normalized spacial score (nSPS) is 13.0. The van der Waals surface area contributed by atoms with Crippen LogP contribution < -0.4 is 9.47 Å². The molecule has 0 amide bonds. The van der Waals surface area contributed by atoms with Gasteiger partial charge in [-0.05, 0) is 61.4 Å². The molecule has 3 aromatic heterocycles. The smallest absolute Gasteiger partial charge is 0.306 e. The van der Waals surface area contributed by atoms with E-state index in [2.05, 4.69) is 81.9 Å². The van der Waals surface area contributed by atoms with Crippen LogP contribution in [0.15, 0.2) is 170 Å². The Morgan fingerprint density at radius 3 is 1.10 bits per heavy atom. The molecule has 10 nitrogen and oxygen atoms in total. The van der Waals surface area contributed by atoms with Crippen LogP contribution >= 0.6 is 0 Å². The predicted molar refractivity (Wildman–Crippen MR) is 269 cm³/mol. The lowest BCUT2D eigenvalue weighted by Crippen LogP contribution is -2.13. The van der Waals surface area contributed by atoms with Gasteiger partial charge in [0.25, 0.3) is 0 Å². The van der Waals surface area contributed by atoms with E-state index in [9.17, 15) is 22.5 Å². The summed E-state index contributed by atoms with van der Waals surface area (Å²) >= 11 is 0. The number of ether oxygens (including phenoxy) is 2. The average molecular weight is 897 g/mol. The Balaban J connectivity index is 1.25. The average Bonchev–Trinajstić information content (AvgIpc) is 4.08. The fraction of sp³-hybridized carbons (Fsp3) is 0.138. The van der Waals surface area contributed by atoms with Gasteiger partial charge >= 0.3 is 11.9 Å². The highest BCUT2D eigenvalue weighted by Gasteiger charge is 2.23. The Hall–Kier alpha value is -8.50. The van der Waals surface area contributed by atoms with E-state index >= 15 is 0 Å². The molecule has 9 aromatic rings. The van der Waals surface area contributed by atoms with E-state index in [0.717, 1.165) is 65.9 Å². The Morgan fingerprint density at radius 1 is 0.485 bits per heavy atom. The maximum Gasteiger partial charge on any atom is 0.306 e. The number of nitrogens with zero attached hydrogens (tertiary/aromatic N) is 4. The van der Waals surface area contributed by atoms with E-state index in [1.54, 1.807) is 26.0 Å². The Bertz CT molecular complexity index is 3380. The zero-order valence-electron chi connectivity index (χ0n) is 39.3. The van der Waals surface area contributed by atoms with Crippen LogP contribution in [0.5, 0.6) is 11.5 Å². The summed E-state index contributed by atoms with van der Waals surface area (Å²) < 4.78 is 35.8. The maximum atomic E-state index is 11.6. The largest absolute Gasteiger partial charge is 0.493 e. The number of carboxylic acids is 2. The van der Waals surface area contributed by atoms with Gasteiger partial charge in [-0.2, -0.15) is 0 Å². The van der Waals surface area contributed by atoms with E-state index in [-0.39, 0.29) is 38.1 Å². The first kappa shape index (κ1) is 39.8. The Morgan fingerprint density at radius 2 is 0.794 bits per heavy atom. The minimum Gasteiger partial charge on any atom is -0.493 e. The van der Waals surface area contributed by atoms with Crippen LogP contribution in [0.1, 0.15) is 29.4 Å². The van der Waals surface area contributed by atoms with Crippen LogP contribution in [0.2, 0.25) is 0 Å². The van der Waals surface area contributed by atoms with Crippen molar-refractivity contribution >= 4 is 55.6 Å². The molecule has 2 unspecified atom stereocenters. The molecule has 0 radical (unpaired) electrons. The Kier molecular flexibility index (Phi) is 10.2. The zero-order chi connectivity index (χ0) is 48.2. The molecular weight excluding hydrogens is 849 g/mol. The van der Waals surface area contributed by atoms with E-state index in [4.69, 9.17) is 19.4 Å². The molecule has 68 heavy (non-hydrogen) atoms. The fourth-order valence-electron chi connectivity index (χ4n) is 9.25. The summed E-state index contributed by atoms with van der Waals surface area (Å²) in [5.41, 5.74) is 10.8. The summed E-state index contributed by atoms with van der Waals surface area (Å²) in [4.78, 5) is 34.1. The lowest BCUT2D eigenvalue weighted by Gasteiger charge is -2.12. The molecule has 0 saturated heterocycles. The van der Waals surface area contributed by atoms with Gasteiger partial charge < -0.3 is 28.8 Å². The van der Waals surface area contributed by atoms with Gasteiger partial charge in [0.05, 0.1) is 72.6 Å². The van der Waals surface area contributed by atoms with Crippen molar-refractivity contribution in [3.63, 3.8) is 0 Å². The number of benzene rings is 6. The molecule has 6 aromatic carbocycles. The summed E-state index contributed by atoms with van der Waals surface area (Å²) in [5.74, 6) is -2.33. The summed E-state index contributed by atoms with van der Waals surface area (Å²) in [7, 11) is 0. The van der Waals surface area contributed by atoms with Crippen molar-refractivity contribution in [2.75, 3.05) is 13.2 Å². The van der Waals surface area contributed by atoms with E-state index in [0.29, 0.717) is 45.6 Å². The number of carboxylic acid groups (broad SMARTS) is 2. The van der Waals surface area contributed by atoms with Crippen molar-refractivity contribution in [1.29, 1.82) is 0 Å². The number of hydrogen-bond acceptors (Lipinski definition) is 6. The second-order valence-electron chi connectivity index (χ2n) is 17.3. The van der Waals surface area contributed by atoms with Gasteiger partial charge in [-0.25, -0.2) is 9.97 Å². The highest BCUT2D eigenvalue weighted by molar-refractivity contribution is 6.12. The molecule has 11 rings (SSSR count). The van der Waals surface area contributed by atoms with Crippen molar-refractivity contribution in [2.24, 2.45) is 11.8 Å². The molecule has 2 aliphatic heterocycles. The molecule has 10 heteroatoms. The SMILES string of the molecule is [2H]c1c(OCCC(C)C(=O)O)cccc1-n1c2cc3nc(cc4c5ccccc5c(cc5nc(cc1c1ccccc12)-c1ccccc1-5)n4-c1cccc(OCCC(C)C(=O)O)c1[2H])-c1ccccc1-3. The highest BCUT2D eigenvalue weighted by atomic mass is 16.5. The van der Waals surface area contributed by atoms with Crippen molar-refractivity contribution in [1.82, 2.24) is 19.1 Å². The first-order valence-corrected chi connectivity index (χ1v) is 22.7. The molecule has 334 valence electrons. The third-order valence-corrected chi connectivity index (χ3v) is 12.9. The molecule has 0 spiro atoms. The van der Waals surface area contributed by atoms with Crippen molar-refractivity contribution in [3.8, 4) is 67.9 Å². The monoisotopic (exact) mass is 896 g/mol. The van der Waals surface area contributed by atoms with Gasteiger partial charge in [0.2, 0.25) is 0 Å². The van der Waals surface area contributed by atoms with Crippen LogP contribution in [0, 0.1) is 11.8 Å². The third-order valence-electron chi connectivity index (χ3n) is 12.9. The zero-order valence-corrected chi connectivity index (χ0v) is 37.3. The van der Waals surface area contributed by atoms with Crippen molar-refractivity contribution in [3.05, 3.63) is 170 Å². The number of rotatable bonds is 12. The number of carbonyl (C=O) groups is 2. The molecule has 0 fully saturated rings. The number of aliphatic carboxylic acids is 2. The van der Waals surface area contributed by atoms with Crippen LogP contribution in [-0.4, -0.2) is 54.5 Å². The lowest BCUT2D eigenvalue weighted by atomic mass is 10.0. The van der Waals surface area contributed by atoms with Crippen LogP contribution in [0.4, 0.5) is 0 Å². The topological polar surface area (TPSA) is 129 Å². The van der Waals surface area contributed by atoms with E-state index in [1.165, 1.54) is 0 Å². The molecule has 2 aliphatic rings. The van der Waals surface area contributed by atoms with Gasteiger partial charge in [0, 0.05) is 67.3 Å². The quantitative estimate of drug-likeness (QED) is 0.124. The third kappa shape index (κ3) is 7.59. The van der Waals surface area contributed by atoms with Crippen molar-refractivity contribution in [2.45, 2.75) is 26.7 Å². The number of fused-ring (bicyclic) bond motifs is 20. The second-order valence-corrected chi connectivity index (χ2v) is 17.3. The first-order valence-electron chi connectivity index (χ1n) is 23.7. The minimum atomic E-state index is -0.899. The molecule has 0 aliphatic carbocycles. The van der Waals surface area contributed by atoms with Gasteiger partial charge in [0.15, 0.2) is 0 Å². The number of aromatic nitrogens is 4.